The third kappa shape index (κ3) is 4.73. The fraction of sp³-hybridized carbons (Fsp3) is 0.565. The van der Waals surface area contributed by atoms with Crippen molar-refractivity contribution in [1.82, 2.24) is 25.4 Å². The van der Waals surface area contributed by atoms with Gasteiger partial charge in [-0.15, -0.1) is 0 Å². The zero-order valence-electron chi connectivity index (χ0n) is 18.5. The molecule has 8 heteroatoms. The Morgan fingerprint density at radius 3 is 2.55 bits per heavy atom. The van der Waals surface area contributed by atoms with Gasteiger partial charge in [0.05, 0.1) is 17.9 Å². The molecule has 0 aromatic carbocycles. The van der Waals surface area contributed by atoms with E-state index in [4.69, 9.17) is 4.74 Å². The van der Waals surface area contributed by atoms with Crippen molar-refractivity contribution < 1.29 is 14.3 Å². The number of carbonyl (C=O) groups excluding carboxylic acids is 2. The Bertz CT molecular complexity index is 956. The quantitative estimate of drug-likeness (QED) is 0.677. The number of nitrogens with one attached hydrogen (secondary N) is 2. The second kappa shape index (κ2) is 8.69. The van der Waals surface area contributed by atoms with Gasteiger partial charge in [-0.05, 0) is 51.0 Å². The number of amides is 2. The Labute approximate surface area is 182 Å². The van der Waals surface area contributed by atoms with E-state index in [-0.39, 0.29) is 11.8 Å². The van der Waals surface area contributed by atoms with Crippen molar-refractivity contribution in [2.24, 2.45) is 13.0 Å². The van der Waals surface area contributed by atoms with Gasteiger partial charge >= 0.3 is 0 Å². The van der Waals surface area contributed by atoms with Crippen LogP contribution in [0.1, 0.15) is 65.8 Å². The lowest BCUT2D eigenvalue weighted by Crippen LogP contribution is -2.57. The third-order valence-corrected chi connectivity index (χ3v) is 6.40. The molecule has 2 aromatic heterocycles. The highest BCUT2D eigenvalue weighted by molar-refractivity contribution is 6.00. The van der Waals surface area contributed by atoms with Gasteiger partial charge in [-0.3, -0.25) is 14.3 Å². The first-order valence-electron chi connectivity index (χ1n) is 11.1. The number of rotatable bonds is 8. The molecule has 0 bridgehead atoms. The molecular formula is C23H31N5O3. The molecule has 0 aliphatic heterocycles. The highest BCUT2D eigenvalue weighted by Crippen LogP contribution is 2.31. The summed E-state index contributed by atoms with van der Waals surface area (Å²) >= 11 is 0. The van der Waals surface area contributed by atoms with E-state index in [1.165, 1.54) is 12.8 Å². The Balaban J connectivity index is 1.38. The average molecular weight is 426 g/mol. The van der Waals surface area contributed by atoms with Crippen LogP contribution in [0.15, 0.2) is 18.3 Å². The lowest BCUT2D eigenvalue weighted by molar-refractivity contribution is -0.127. The summed E-state index contributed by atoms with van der Waals surface area (Å²) in [6.07, 6.45) is 7.29. The molecule has 2 aromatic rings. The average Bonchev–Trinajstić information content (AvgIpc) is 3.40. The predicted molar refractivity (Wildman–Crippen MR) is 116 cm³/mol. The lowest BCUT2D eigenvalue weighted by Gasteiger charge is -2.29. The SMILES string of the molecule is Cc1nn(C)c(C)c1C(=O)NC1(C(=O)NCc2ccc(OCC3CC3)nc2)CCCC1. The first-order chi connectivity index (χ1) is 14.9. The molecule has 166 valence electrons. The maximum atomic E-state index is 13.1. The summed E-state index contributed by atoms with van der Waals surface area (Å²) in [6.45, 7) is 4.76. The largest absolute Gasteiger partial charge is 0.477 e. The second-order valence-electron chi connectivity index (χ2n) is 8.85. The fourth-order valence-electron chi connectivity index (χ4n) is 4.21. The molecule has 0 atom stereocenters. The van der Waals surface area contributed by atoms with E-state index in [0.29, 0.717) is 42.4 Å². The highest BCUT2D eigenvalue weighted by atomic mass is 16.5. The van der Waals surface area contributed by atoms with Crippen molar-refractivity contribution in [3.05, 3.63) is 40.8 Å². The molecule has 2 amide bonds. The van der Waals surface area contributed by atoms with E-state index < -0.39 is 5.54 Å². The first-order valence-corrected chi connectivity index (χ1v) is 11.1. The van der Waals surface area contributed by atoms with E-state index in [1.54, 1.807) is 10.9 Å². The van der Waals surface area contributed by atoms with Crippen LogP contribution in [0.3, 0.4) is 0 Å². The van der Waals surface area contributed by atoms with Crippen molar-refractivity contribution in [1.29, 1.82) is 0 Å². The van der Waals surface area contributed by atoms with Crippen LogP contribution in [-0.2, 0) is 18.4 Å². The molecule has 4 rings (SSSR count). The summed E-state index contributed by atoms with van der Waals surface area (Å²) in [4.78, 5) is 30.5. The molecule has 2 N–H and O–H groups in total. The monoisotopic (exact) mass is 425 g/mol. The molecule has 0 spiro atoms. The standard InChI is InChI=1S/C23H31N5O3/c1-15-20(16(2)28(3)27-15)21(29)26-23(10-4-5-11-23)22(30)25-13-18-8-9-19(24-12-18)31-14-17-6-7-17/h8-9,12,17H,4-7,10-11,13-14H2,1-3H3,(H,25,30)(H,26,29). The summed E-state index contributed by atoms with van der Waals surface area (Å²) in [5.41, 5.74) is 2.02. The minimum absolute atomic E-state index is 0.147. The van der Waals surface area contributed by atoms with Gasteiger partial charge in [0.1, 0.15) is 5.54 Å². The van der Waals surface area contributed by atoms with Crippen LogP contribution in [0.2, 0.25) is 0 Å². The van der Waals surface area contributed by atoms with Gasteiger partial charge in [0.15, 0.2) is 0 Å². The molecule has 0 radical (unpaired) electrons. The molecule has 2 aliphatic carbocycles. The van der Waals surface area contributed by atoms with Crippen molar-refractivity contribution >= 4 is 11.8 Å². The number of ether oxygens (including phenoxy) is 1. The van der Waals surface area contributed by atoms with Gasteiger partial charge in [0.2, 0.25) is 11.8 Å². The number of hydrogen-bond donors (Lipinski definition) is 2. The van der Waals surface area contributed by atoms with E-state index in [9.17, 15) is 9.59 Å². The zero-order chi connectivity index (χ0) is 22.0. The van der Waals surface area contributed by atoms with E-state index in [0.717, 1.165) is 30.7 Å². The Morgan fingerprint density at radius 1 is 1.23 bits per heavy atom. The first kappa shape index (κ1) is 21.3. The van der Waals surface area contributed by atoms with Gasteiger partial charge < -0.3 is 15.4 Å². The molecule has 31 heavy (non-hydrogen) atoms. The van der Waals surface area contributed by atoms with Crippen LogP contribution in [0, 0.1) is 19.8 Å². The molecular weight excluding hydrogens is 394 g/mol. The summed E-state index contributed by atoms with van der Waals surface area (Å²) < 4.78 is 7.35. The highest BCUT2D eigenvalue weighted by Gasteiger charge is 2.43. The number of nitrogens with zero attached hydrogens (tertiary/aromatic N) is 3. The van der Waals surface area contributed by atoms with Gasteiger partial charge in [0, 0.05) is 31.5 Å². The maximum absolute atomic E-state index is 13.1. The minimum atomic E-state index is -0.882. The fourth-order valence-corrected chi connectivity index (χ4v) is 4.21. The predicted octanol–water partition coefficient (Wildman–Crippen LogP) is 2.58. The van der Waals surface area contributed by atoms with Crippen molar-refractivity contribution in [2.45, 2.75) is 64.5 Å². The Morgan fingerprint density at radius 2 is 1.97 bits per heavy atom. The Hall–Kier alpha value is -2.90. The Kier molecular flexibility index (Phi) is 5.98. The molecule has 2 heterocycles. The van der Waals surface area contributed by atoms with Crippen LogP contribution >= 0.6 is 0 Å². The number of aryl methyl sites for hydroxylation is 2. The summed E-state index contributed by atoms with van der Waals surface area (Å²) in [5, 5.41) is 10.4. The van der Waals surface area contributed by atoms with Crippen molar-refractivity contribution in [3.63, 3.8) is 0 Å². The van der Waals surface area contributed by atoms with Gasteiger partial charge in [0.25, 0.3) is 5.91 Å². The number of pyridine rings is 1. The van der Waals surface area contributed by atoms with Crippen molar-refractivity contribution in [3.8, 4) is 5.88 Å². The van der Waals surface area contributed by atoms with Crippen LogP contribution < -0.4 is 15.4 Å². The van der Waals surface area contributed by atoms with Gasteiger partial charge in [-0.25, -0.2) is 4.98 Å². The molecule has 2 aliphatic rings. The van der Waals surface area contributed by atoms with E-state index >= 15 is 0 Å². The third-order valence-electron chi connectivity index (χ3n) is 6.40. The van der Waals surface area contributed by atoms with Crippen LogP contribution in [0.4, 0.5) is 0 Å². The topological polar surface area (TPSA) is 98.1 Å². The zero-order valence-corrected chi connectivity index (χ0v) is 18.5. The summed E-state index contributed by atoms with van der Waals surface area (Å²) in [5.74, 6) is 0.909. The second-order valence-corrected chi connectivity index (χ2v) is 8.85. The van der Waals surface area contributed by atoms with Gasteiger partial charge in [-0.1, -0.05) is 18.9 Å². The number of carbonyl (C=O) groups is 2. The minimum Gasteiger partial charge on any atom is -0.477 e. The molecule has 8 nitrogen and oxygen atoms in total. The number of aromatic nitrogens is 3. The van der Waals surface area contributed by atoms with Gasteiger partial charge in [-0.2, -0.15) is 5.10 Å². The lowest BCUT2D eigenvalue weighted by atomic mass is 9.95. The normalized spacial score (nSPS) is 17.4. The van der Waals surface area contributed by atoms with Crippen LogP contribution in [0.5, 0.6) is 5.88 Å². The van der Waals surface area contributed by atoms with Crippen LogP contribution in [-0.4, -0.2) is 38.7 Å². The van der Waals surface area contributed by atoms with E-state index in [1.807, 2.05) is 33.0 Å². The van der Waals surface area contributed by atoms with Crippen LogP contribution in [0.25, 0.3) is 0 Å². The molecule has 2 fully saturated rings. The molecule has 2 saturated carbocycles. The van der Waals surface area contributed by atoms with Crippen molar-refractivity contribution in [2.75, 3.05) is 6.61 Å². The summed E-state index contributed by atoms with van der Waals surface area (Å²) in [7, 11) is 1.81. The summed E-state index contributed by atoms with van der Waals surface area (Å²) in [6, 6.07) is 3.75. The molecule has 0 saturated heterocycles. The smallest absolute Gasteiger partial charge is 0.255 e. The molecule has 0 unspecified atom stereocenters. The maximum Gasteiger partial charge on any atom is 0.255 e. The van der Waals surface area contributed by atoms with E-state index in [2.05, 4.69) is 20.7 Å². The number of hydrogen-bond acceptors (Lipinski definition) is 5.